The summed E-state index contributed by atoms with van der Waals surface area (Å²) >= 11 is 0. The summed E-state index contributed by atoms with van der Waals surface area (Å²) in [5.41, 5.74) is 8.49. The second kappa shape index (κ2) is 7.13. The number of hydrazone groups is 1. The summed E-state index contributed by atoms with van der Waals surface area (Å²) in [7, 11) is 0. The van der Waals surface area contributed by atoms with Gasteiger partial charge in [0.1, 0.15) is 0 Å². The Morgan fingerprint density at radius 1 is 1.16 bits per heavy atom. The van der Waals surface area contributed by atoms with Crippen LogP contribution < -0.4 is 5.43 Å². The van der Waals surface area contributed by atoms with Crippen molar-refractivity contribution in [3.8, 4) is 5.69 Å². The molecule has 2 heterocycles. The smallest absolute Gasteiger partial charge is 0.272 e. The molecule has 0 aliphatic rings. The molecule has 1 N–H and O–H groups in total. The molecular weight excluding hydrogens is 312 g/mol. The fourth-order valence-corrected chi connectivity index (χ4v) is 2.73. The predicted octanol–water partition coefficient (Wildman–Crippen LogP) is 3.56. The van der Waals surface area contributed by atoms with E-state index in [1.165, 1.54) is 11.8 Å². The first-order chi connectivity index (χ1) is 12.1. The third-order valence-electron chi connectivity index (χ3n) is 4.06. The fourth-order valence-electron chi connectivity index (χ4n) is 2.73. The van der Waals surface area contributed by atoms with Crippen molar-refractivity contribution in [2.45, 2.75) is 20.8 Å². The van der Waals surface area contributed by atoms with Gasteiger partial charge in [-0.2, -0.15) is 5.10 Å². The van der Waals surface area contributed by atoms with Crippen molar-refractivity contribution in [1.82, 2.24) is 15.0 Å². The van der Waals surface area contributed by atoms with Crippen molar-refractivity contribution in [1.29, 1.82) is 0 Å². The summed E-state index contributed by atoms with van der Waals surface area (Å²) in [6.07, 6.45) is 4.80. The second-order valence-electron chi connectivity index (χ2n) is 5.94. The topological polar surface area (TPSA) is 59.3 Å². The van der Waals surface area contributed by atoms with Crippen molar-refractivity contribution in [3.05, 3.63) is 82.9 Å². The molecule has 0 saturated carbocycles. The first kappa shape index (κ1) is 16.6. The molecule has 2 aromatic heterocycles. The zero-order chi connectivity index (χ0) is 17.8. The Morgan fingerprint density at radius 2 is 1.92 bits per heavy atom. The number of carbonyl (C=O) groups is 1. The maximum Gasteiger partial charge on any atom is 0.272 e. The Kier molecular flexibility index (Phi) is 4.75. The van der Waals surface area contributed by atoms with Crippen LogP contribution in [0.15, 0.2) is 60.0 Å². The summed E-state index contributed by atoms with van der Waals surface area (Å²) in [6, 6.07) is 13.8. The summed E-state index contributed by atoms with van der Waals surface area (Å²) < 4.78 is 2.17. The van der Waals surface area contributed by atoms with Crippen molar-refractivity contribution in [2.24, 2.45) is 5.10 Å². The van der Waals surface area contributed by atoms with E-state index in [2.05, 4.69) is 64.3 Å². The third-order valence-corrected chi connectivity index (χ3v) is 4.06. The molecule has 0 spiro atoms. The van der Waals surface area contributed by atoms with Gasteiger partial charge in [-0.15, -0.1) is 0 Å². The van der Waals surface area contributed by atoms with Crippen molar-refractivity contribution in [3.63, 3.8) is 0 Å². The molecule has 0 radical (unpaired) electrons. The molecule has 0 saturated heterocycles. The highest BCUT2D eigenvalue weighted by Gasteiger charge is 2.09. The van der Waals surface area contributed by atoms with E-state index < -0.39 is 0 Å². The number of aromatic nitrogens is 2. The van der Waals surface area contributed by atoms with Gasteiger partial charge < -0.3 is 4.57 Å². The lowest BCUT2D eigenvalue weighted by molar-refractivity contribution is 0.0955. The second-order valence-corrected chi connectivity index (χ2v) is 5.94. The van der Waals surface area contributed by atoms with Crippen LogP contribution in [0.25, 0.3) is 5.69 Å². The van der Waals surface area contributed by atoms with E-state index in [0.29, 0.717) is 5.56 Å². The van der Waals surface area contributed by atoms with E-state index in [-0.39, 0.29) is 5.91 Å². The van der Waals surface area contributed by atoms with E-state index in [1.807, 2.05) is 6.92 Å². The fraction of sp³-hybridized carbons (Fsp3) is 0.150. The summed E-state index contributed by atoms with van der Waals surface area (Å²) in [4.78, 5) is 15.9. The number of hydrogen-bond donors (Lipinski definition) is 1. The lowest BCUT2D eigenvalue weighted by atomic mass is 10.2. The third kappa shape index (κ3) is 3.66. The van der Waals surface area contributed by atoms with Gasteiger partial charge in [-0.1, -0.05) is 17.7 Å². The zero-order valence-corrected chi connectivity index (χ0v) is 14.5. The number of pyridine rings is 1. The van der Waals surface area contributed by atoms with Crippen LogP contribution in [0.4, 0.5) is 0 Å². The van der Waals surface area contributed by atoms with Gasteiger partial charge in [0.25, 0.3) is 5.91 Å². The van der Waals surface area contributed by atoms with Gasteiger partial charge in [0, 0.05) is 35.0 Å². The number of amides is 1. The van der Waals surface area contributed by atoms with Crippen molar-refractivity contribution < 1.29 is 4.79 Å². The molecule has 5 heteroatoms. The number of nitrogens with zero attached hydrogens (tertiary/aromatic N) is 3. The monoisotopic (exact) mass is 332 g/mol. The van der Waals surface area contributed by atoms with E-state index in [9.17, 15) is 4.79 Å². The molecule has 3 rings (SSSR count). The quantitative estimate of drug-likeness (QED) is 0.586. The lowest BCUT2D eigenvalue weighted by Gasteiger charge is -2.09. The van der Waals surface area contributed by atoms with Crippen molar-refractivity contribution >= 4 is 12.1 Å². The average Bonchev–Trinajstić information content (AvgIpc) is 2.90. The van der Waals surface area contributed by atoms with Gasteiger partial charge in [0.2, 0.25) is 0 Å². The standard InChI is InChI=1S/C20H20N4O/c1-14-6-8-19(9-7-14)24-15(2)11-18(16(24)3)13-22-23-20(25)17-5-4-10-21-12-17/h4-13H,1-3H3,(H,23,25)/b22-13-. The minimum Gasteiger partial charge on any atom is -0.318 e. The minimum atomic E-state index is -0.281. The van der Waals surface area contributed by atoms with Gasteiger partial charge in [-0.3, -0.25) is 9.78 Å². The molecule has 1 aromatic carbocycles. The first-order valence-corrected chi connectivity index (χ1v) is 8.05. The van der Waals surface area contributed by atoms with Gasteiger partial charge in [0.05, 0.1) is 11.8 Å². The van der Waals surface area contributed by atoms with Crippen LogP contribution in [-0.4, -0.2) is 21.7 Å². The Hall–Kier alpha value is -3.21. The molecule has 126 valence electrons. The summed E-state index contributed by atoms with van der Waals surface area (Å²) in [5.74, 6) is -0.281. The van der Waals surface area contributed by atoms with Gasteiger partial charge >= 0.3 is 0 Å². The van der Waals surface area contributed by atoms with Crippen LogP contribution >= 0.6 is 0 Å². The zero-order valence-electron chi connectivity index (χ0n) is 14.5. The molecular formula is C20H20N4O. The normalized spacial score (nSPS) is 11.0. The lowest BCUT2D eigenvalue weighted by Crippen LogP contribution is -2.17. The molecule has 0 atom stereocenters. The molecule has 0 bridgehead atoms. The van der Waals surface area contributed by atoms with Crippen LogP contribution in [0.1, 0.15) is 32.9 Å². The first-order valence-electron chi connectivity index (χ1n) is 8.05. The Bertz CT molecular complexity index is 909. The number of hydrogen-bond acceptors (Lipinski definition) is 3. The van der Waals surface area contributed by atoms with Crippen LogP contribution in [0.2, 0.25) is 0 Å². The Balaban J connectivity index is 1.79. The predicted molar refractivity (Wildman–Crippen MR) is 99.3 cm³/mol. The molecule has 0 unspecified atom stereocenters. The van der Waals surface area contributed by atoms with E-state index in [0.717, 1.165) is 22.6 Å². The van der Waals surface area contributed by atoms with E-state index in [1.54, 1.807) is 24.5 Å². The highest BCUT2D eigenvalue weighted by molar-refractivity contribution is 5.94. The van der Waals surface area contributed by atoms with Crippen LogP contribution in [0.3, 0.4) is 0 Å². The maximum absolute atomic E-state index is 12.0. The number of nitrogens with one attached hydrogen (secondary N) is 1. The SMILES string of the molecule is Cc1ccc(-n2c(C)cc(/C=N\NC(=O)c3cccnc3)c2C)cc1. The number of carbonyl (C=O) groups excluding carboxylic acids is 1. The van der Waals surface area contributed by atoms with Gasteiger partial charge in [0.15, 0.2) is 0 Å². The van der Waals surface area contributed by atoms with E-state index in [4.69, 9.17) is 0 Å². The maximum atomic E-state index is 12.0. The molecule has 1 amide bonds. The molecule has 3 aromatic rings. The molecule has 0 aliphatic heterocycles. The molecule has 25 heavy (non-hydrogen) atoms. The van der Waals surface area contributed by atoms with Crippen LogP contribution in [0.5, 0.6) is 0 Å². The summed E-state index contributed by atoms with van der Waals surface area (Å²) in [6.45, 7) is 6.16. The largest absolute Gasteiger partial charge is 0.318 e. The minimum absolute atomic E-state index is 0.281. The van der Waals surface area contributed by atoms with E-state index >= 15 is 0 Å². The Morgan fingerprint density at radius 3 is 2.60 bits per heavy atom. The van der Waals surface area contributed by atoms with Crippen molar-refractivity contribution in [2.75, 3.05) is 0 Å². The number of rotatable bonds is 4. The van der Waals surface area contributed by atoms with Crippen LogP contribution in [0, 0.1) is 20.8 Å². The molecule has 0 fully saturated rings. The summed E-state index contributed by atoms with van der Waals surface area (Å²) in [5, 5.41) is 4.08. The highest BCUT2D eigenvalue weighted by atomic mass is 16.2. The molecule has 5 nitrogen and oxygen atoms in total. The highest BCUT2D eigenvalue weighted by Crippen LogP contribution is 2.20. The number of aryl methyl sites for hydroxylation is 2. The van der Waals surface area contributed by atoms with Crippen LogP contribution in [-0.2, 0) is 0 Å². The number of benzene rings is 1. The van der Waals surface area contributed by atoms with Gasteiger partial charge in [-0.25, -0.2) is 5.43 Å². The Labute approximate surface area is 147 Å². The molecule has 0 aliphatic carbocycles. The van der Waals surface area contributed by atoms with Gasteiger partial charge in [-0.05, 0) is 51.1 Å². The average molecular weight is 332 g/mol.